The van der Waals surface area contributed by atoms with Gasteiger partial charge >= 0.3 is 0 Å². The van der Waals surface area contributed by atoms with Crippen molar-refractivity contribution in [2.45, 2.75) is 12.5 Å². The van der Waals surface area contributed by atoms with E-state index in [1.165, 1.54) is 0 Å². The second-order valence-corrected chi connectivity index (χ2v) is 5.02. The number of carbonyl (C=O) groups is 1. The molecule has 2 rings (SSSR count). The molecule has 0 bridgehead atoms. The number of ether oxygens (including phenoxy) is 3. The Kier molecular flexibility index (Phi) is 4.66. The van der Waals surface area contributed by atoms with Gasteiger partial charge in [0.05, 0.1) is 26.9 Å². The summed E-state index contributed by atoms with van der Waals surface area (Å²) in [7, 11) is 3.10. The Morgan fingerprint density at radius 3 is 2.47 bits per heavy atom. The van der Waals surface area contributed by atoms with Crippen LogP contribution in [-0.4, -0.2) is 39.4 Å². The van der Waals surface area contributed by atoms with E-state index >= 15 is 0 Å². The second kappa shape index (κ2) is 6.25. The van der Waals surface area contributed by atoms with Gasteiger partial charge in [-0.3, -0.25) is 4.79 Å². The molecule has 0 unspecified atom stereocenters. The van der Waals surface area contributed by atoms with E-state index in [2.05, 4.69) is 21.2 Å². The van der Waals surface area contributed by atoms with Crippen molar-refractivity contribution in [3.63, 3.8) is 0 Å². The second-order valence-electron chi connectivity index (χ2n) is 4.23. The van der Waals surface area contributed by atoms with Crippen molar-refractivity contribution in [1.29, 1.82) is 0 Å². The van der Waals surface area contributed by atoms with Crippen molar-refractivity contribution in [2.24, 2.45) is 0 Å². The molecular formula is C13H16BrNO4. The number of rotatable bonds is 4. The number of hydrogen-bond donors (Lipinski definition) is 1. The highest BCUT2D eigenvalue weighted by molar-refractivity contribution is 9.10. The van der Waals surface area contributed by atoms with Gasteiger partial charge in [-0.05, 0) is 34.5 Å². The largest absolute Gasteiger partial charge is 0.495 e. The highest BCUT2D eigenvalue weighted by atomic mass is 79.9. The predicted molar refractivity (Wildman–Crippen MR) is 73.9 cm³/mol. The van der Waals surface area contributed by atoms with Crippen molar-refractivity contribution in [3.8, 4) is 11.5 Å². The predicted octanol–water partition coefficient (Wildman–Crippen LogP) is 1.99. The summed E-state index contributed by atoms with van der Waals surface area (Å²) < 4.78 is 16.4. The molecule has 0 aromatic heterocycles. The minimum absolute atomic E-state index is 0.0770. The molecule has 1 aromatic rings. The fourth-order valence-corrected chi connectivity index (χ4v) is 2.47. The molecule has 1 aliphatic rings. The van der Waals surface area contributed by atoms with Crippen LogP contribution in [0.25, 0.3) is 0 Å². The summed E-state index contributed by atoms with van der Waals surface area (Å²) in [5.41, 5.74) is 0.504. The first-order valence-electron chi connectivity index (χ1n) is 5.96. The van der Waals surface area contributed by atoms with Gasteiger partial charge < -0.3 is 19.5 Å². The molecule has 0 radical (unpaired) electrons. The maximum absolute atomic E-state index is 12.2. The number of halogens is 1. The zero-order valence-corrected chi connectivity index (χ0v) is 12.5. The molecule has 1 fully saturated rings. The van der Waals surface area contributed by atoms with Gasteiger partial charge in [0.1, 0.15) is 16.0 Å². The van der Waals surface area contributed by atoms with Crippen molar-refractivity contribution < 1.29 is 19.0 Å². The number of amides is 1. The molecule has 0 saturated carbocycles. The lowest BCUT2D eigenvalue weighted by molar-refractivity contribution is 0.0929. The van der Waals surface area contributed by atoms with Gasteiger partial charge in [-0.15, -0.1) is 0 Å². The van der Waals surface area contributed by atoms with Gasteiger partial charge in [0.2, 0.25) is 0 Å². The van der Waals surface area contributed by atoms with E-state index in [0.29, 0.717) is 34.7 Å². The third-order valence-corrected chi connectivity index (χ3v) is 3.75. The molecule has 1 aliphatic heterocycles. The molecular weight excluding hydrogens is 314 g/mol. The first-order chi connectivity index (χ1) is 9.15. The van der Waals surface area contributed by atoms with Crippen LogP contribution < -0.4 is 14.8 Å². The van der Waals surface area contributed by atoms with E-state index in [4.69, 9.17) is 14.2 Å². The average Bonchev–Trinajstić information content (AvgIpc) is 2.91. The molecule has 1 atom stereocenters. The Balaban J connectivity index is 2.20. The topological polar surface area (TPSA) is 56.8 Å². The monoisotopic (exact) mass is 329 g/mol. The molecule has 1 amide bonds. The number of nitrogens with one attached hydrogen (secondary N) is 1. The molecule has 0 spiro atoms. The normalized spacial score (nSPS) is 18.2. The summed E-state index contributed by atoms with van der Waals surface area (Å²) in [6.45, 7) is 1.26. The van der Waals surface area contributed by atoms with Crippen molar-refractivity contribution >= 4 is 21.8 Å². The van der Waals surface area contributed by atoms with Gasteiger partial charge in [-0.25, -0.2) is 0 Å². The third kappa shape index (κ3) is 3.19. The zero-order chi connectivity index (χ0) is 13.8. The summed E-state index contributed by atoms with van der Waals surface area (Å²) in [6, 6.07) is 3.43. The molecule has 104 valence electrons. The van der Waals surface area contributed by atoms with Crippen LogP contribution in [0.5, 0.6) is 11.5 Å². The lowest BCUT2D eigenvalue weighted by atomic mass is 10.1. The minimum Gasteiger partial charge on any atom is -0.495 e. The van der Waals surface area contributed by atoms with E-state index in [0.717, 1.165) is 6.42 Å². The van der Waals surface area contributed by atoms with Crippen LogP contribution in [0, 0.1) is 0 Å². The summed E-state index contributed by atoms with van der Waals surface area (Å²) in [6.07, 6.45) is 0.844. The number of benzene rings is 1. The number of hydrogen-bond acceptors (Lipinski definition) is 4. The Hall–Kier alpha value is -1.27. The van der Waals surface area contributed by atoms with E-state index in [1.807, 2.05) is 0 Å². The standard InChI is InChI=1S/C13H16BrNO4/c1-17-10-5-8(6-11(18-2)12(10)14)13(16)15-9-3-4-19-7-9/h5-6,9H,3-4,7H2,1-2H3,(H,15,16)/t9-/m1/s1. The summed E-state index contributed by atoms with van der Waals surface area (Å²) in [4.78, 5) is 12.2. The summed E-state index contributed by atoms with van der Waals surface area (Å²) in [5, 5.41) is 2.93. The maximum atomic E-state index is 12.2. The smallest absolute Gasteiger partial charge is 0.251 e. The fraction of sp³-hybridized carbons (Fsp3) is 0.462. The molecule has 1 heterocycles. The van der Waals surface area contributed by atoms with Crippen LogP contribution >= 0.6 is 15.9 Å². The Morgan fingerprint density at radius 2 is 2.00 bits per heavy atom. The highest BCUT2D eigenvalue weighted by Gasteiger charge is 2.20. The Bertz CT molecular complexity index is 447. The lowest BCUT2D eigenvalue weighted by Gasteiger charge is -2.14. The van der Waals surface area contributed by atoms with Crippen LogP contribution in [0.4, 0.5) is 0 Å². The first-order valence-corrected chi connectivity index (χ1v) is 6.75. The van der Waals surface area contributed by atoms with Crippen LogP contribution in [-0.2, 0) is 4.74 Å². The van der Waals surface area contributed by atoms with Crippen molar-refractivity contribution in [2.75, 3.05) is 27.4 Å². The highest BCUT2D eigenvalue weighted by Crippen LogP contribution is 2.35. The zero-order valence-electron chi connectivity index (χ0n) is 10.9. The molecule has 6 heteroatoms. The molecule has 5 nitrogen and oxygen atoms in total. The molecule has 1 saturated heterocycles. The molecule has 0 aliphatic carbocycles. The fourth-order valence-electron chi connectivity index (χ4n) is 1.92. The van der Waals surface area contributed by atoms with Crippen LogP contribution in [0.3, 0.4) is 0 Å². The van der Waals surface area contributed by atoms with E-state index in [1.54, 1.807) is 26.4 Å². The van der Waals surface area contributed by atoms with Crippen LogP contribution in [0.15, 0.2) is 16.6 Å². The maximum Gasteiger partial charge on any atom is 0.251 e. The van der Waals surface area contributed by atoms with Crippen molar-refractivity contribution in [1.82, 2.24) is 5.32 Å². The molecule has 19 heavy (non-hydrogen) atoms. The SMILES string of the molecule is COc1cc(C(=O)N[C@@H]2CCOC2)cc(OC)c1Br. The van der Waals surface area contributed by atoms with Crippen LogP contribution in [0.1, 0.15) is 16.8 Å². The Morgan fingerprint density at radius 1 is 1.37 bits per heavy atom. The summed E-state index contributed by atoms with van der Waals surface area (Å²) in [5.74, 6) is 0.971. The van der Waals surface area contributed by atoms with Crippen LogP contribution in [0.2, 0.25) is 0 Å². The third-order valence-electron chi connectivity index (χ3n) is 2.97. The number of carbonyl (C=O) groups excluding carboxylic acids is 1. The quantitative estimate of drug-likeness (QED) is 0.917. The number of methoxy groups -OCH3 is 2. The molecule has 1 N–H and O–H groups in total. The van der Waals surface area contributed by atoms with E-state index in [9.17, 15) is 4.79 Å². The van der Waals surface area contributed by atoms with Gasteiger partial charge in [-0.2, -0.15) is 0 Å². The van der Waals surface area contributed by atoms with E-state index in [-0.39, 0.29) is 11.9 Å². The summed E-state index contributed by atoms with van der Waals surface area (Å²) >= 11 is 3.37. The molecule has 1 aromatic carbocycles. The van der Waals surface area contributed by atoms with Gasteiger partial charge in [0.15, 0.2) is 0 Å². The van der Waals surface area contributed by atoms with Gasteiger partial charge in [-0.1, -0.05) is 0 Å². The van der Waals surface area contributed by atoms with Gasteiger partial charge in [0, 0.05) is 12.2 Å². The average molecular weight is 330 g/mol. The first kappa shape index (κ1) is 14.1. The van der Waals surface area contributed by atoms with E-state index < -0.39 is 0 Å². The Labute approximate surface area is 120 Å². The van der Waals surface area contributed by atoms with Gasteiger partial charge in [0.25, 0.3) is 5.91 Å². The minimum atomic E-state index is -0.153. The van der Waals surface area contributed by atoms with Crippen molar-refractivity contribution in [3.05, 3.63) is 22.2 Å². The lowest BCUT2D eigenvalue weighted by Crippen LogP contribution is -2.35.